The van der Waals surface area contributed by atoms with Gasteiger partial charge in [-0.3, -0.25) is 0 Å². The van der Waals surface area contributed by atoms with Gasteiger partial charge in [0, 0.05) is 23.8 Å². The second-order valence-electron chi connectivity index (χ2n) is 6.51. The molecule has 1 aromatic rings. The van der Waals surface area contributed by atoms with Crippen LogP contribution in [0.3, 0.4) is 0 Å². The molecular formula is C18H24N2O. The lowest BCUT2D eigenvalue weighted by atomic mass is 9.78. The van der Waals surface area contributed by atoms with Gasteiger partial charge >= 0.3 is 0 Å². The maximum absolute atomic E-state index is 10.1. The third-order valence-electron chi connectivity index (χ3n) is 5.16. The fraction of sp³-hybridized carbons (Fsp3) is 0.611. The minimum Gasteiger partial charge on any atom is -0.389 e. The molecule has 2 aliphatic rings. The van der Waals surface area contributed by atoms with Crippen molar-refractivity contribution < 1.29 is 5.11 Å². The zero-order valence-corrected chi connectivity index (χ0v) is 12.8. The normalized spacial score (nSPS) is 26.8. The van der Waals surface area contributed by atoms with Crippen LogP contribution in [0.2, 0.25) is 0 Å². The first-order valence-corrected chi connectivity index (χ1v) is 8.19. The molecule has 0 spiro atoms. The predicted octanol–water partition coefficient (Wildman–Crippen LogP) is 3.77. The Morgan fingerprint density at radius 1 is 1.24 bits per heavy atom. The molecule has 0 amide bonds. The van der Waals surface area contributed by atoms with Crippen LogP contribution in [0.5, 0.6) is 0 Å². The molecule has 0 radical (unpaired) electrons. The van der Waals surface area contributed by atoms with E-state index >= 15 is 0 Å². The lowest BCUT2D eigenvalue weighted by Gasteiger charge is -2.46. The highest BCUT2D eigenvalue weighted by Gasteiger charge is 2.34. The van der Waals surface area contributed by atoms with Crippen molar-refractivity contribution in [2.24, 2.45) is 5.92 Å². The Kier molecular flexibility index (Phi) is 4.17. The largest absolute Gasteiger partial charge is 0.389 e. The van der Waals surface area contributed by atoms with Gasteiger partial charge in [-0.15, -0.1) is 0 Å². The maximum Gasteiger partial charge on any atom is 0.0992 e. The van der Waals surface area contributed by atoms with E-state index in [1.807, 2.05) is 25.1 Å². The van der Waals surface area contributed by atoms with E-state index in [1.54, 1.807) is 0 Å². The molecule has 0 aromatic heterocycles. The molecule has 1 aliphatic carbocycles. The van der Waals surface area contributed by atoms with Crippen molar-refractivity contribution in [1.82, 2.24) is 0 Å². The van der Waals surface area contributed by atoms with Crippen molar-refractivity contribution in [1.29, 1.82) is 5.26 Å². The number of anilines is 1. The van der Waals surface area contributed by atoms with Crippen LogP contribution in [0.4, 0.5) is 5.69 Å². The molecule has 2 fully saturated rings. The molecule has 1 aliphatic heterocycles. The highest BCUT2D eigenvalue weighted by Crippen LogP contribution is 2.40. The second-order valence-corrected chi connectivity index (χ2v) is 6.51. The first-order valence-electron chi connectivity index (χ1n) is 8.19. The van der Waals surface area contributed by atoms with Crippen LogP contribution in [-0.4, -0.2) is 17.7 Å². The van der Waals surface area contributed by atoms with Crippen molar-refractivity contribution in [3.8, 4) is 6.07 Å². The van der Waals surface area contributed by atoms with Gasteiger partial charge in [0.15, 0.2) is 0 Å². The van der Waals surface area contributed by atoms with Gasteiger partial charge in [-0.2, -0.15) is 5.26 Å². The molecule has 1 N–H and O–H groups in total. The Balaban J connectivity index is 1.99. The monoisotopic (exact) mass is 284 g/mol. The smallest absolute Gasteiger partial charge is 0.0992 e. The number of piperidine rings is 1. The number of nitriles is 1. The summed E-state index contributed by atoms with van der Waals surface area (Å²) < 4.78 is 0. The number of aliphatic hydroxyl groups is 1. The Hall–Kier alpha value is -1.53. The number of fused-ring (bicyclic) bond motifs is 1. The quantitative estimate of drug-likeness (QED) is 0.899. The van der Waals surface area contributed by atoms with Gasteiger partial charge in [0.05, 0.1) is 17.7 Å². The summed E-state index contributed by atoms with van der Waals surface area (Å²) in [6.45, 7) is 2.86. The molecule has 1 heterocycles. The third-order valence-corrected chi connectivity index (χ3v) is 5.16. The van der Waals surface area contributed by atoms with E-state index in [-0.39, 0.29) is 0 Å². The summed E-state index contributed by atoms with van der Waals surface area (Å²) in [5.74, 6) is 0.792. The first kappa shape index (κ1) is 14.4. The van der Waals surface area contributed by atoms with Gasteiger partial charge in [-0.05, 0) is 50.7 Å². The topological polar surface area (TPSA) is 47.3 Å². The van der Waals surface area contributed by atoms with E-state index < -0.39 is 6.10 Å². The van der Waals surface area contributed by atoms with Crippen molar-refractivity contribution >= 4 is 5.69 Å². The summed E-state index contributed by atoms with van der Waals surface area (Å²) in [6, 6.07) is 8.54. The molecule has 1 aromatic carbocycles. The summed E-state index contributed by atoms with van der Waals surface area (Å²) in [7, 11) is 0. The highest BCUT2D eigenvalue weighted by atomic mass is 16.3. The van der Waals surface area contributed by atoms with Gasteiger partial charge in [0.25, 0.3) is 0 Å². The van der Waals surface area contributed by atoms with Gasteiger partial charge in [-0.25, -0.2) is 0 Å². The van der Waals surface area contributed by atoms with E-state index in [0.29, 0.717) is 11.6 Å². The molecule has 1 saturated heterocycles. The average molecular weight is 284 g/mol. The van der Waals surface area contributed by atoms with Crippen LogP contribution in [0.1, 0.15) is 62.7 Å². The Morgan fingerprint density at radius 2 is 2.00 bits per heavy atom. The van der Waals surface area contributed by atoms with E-state index in [9.17, 15) is 10.4 Å². The lowest BCUT2D eigenvalue weighted by Crippen LogP contribution is -2.47. The molecule has 3 nitrogen and oxygen atoms in total. The highest BCUT2D eigenvalue weighted by molar-refractivity contribution is 5.59. The van der Waals surface area contributed by atoms with Crippen LogP contribution < -0.4 is 4.90 Å². The van der Waals surface area contributed by atoms with E-state index in [4.69, 9.17) is 0 Å². The van der Waals surface area contributed by atoms with Crippen molar-refractivity contribution in [2.45, 2.75) is 57.6 Å². The Labute approximate surface area is 127 Å². The van der Waals surface area contributed by atoms with E-state index in [2.05, 4.69) is 11.0 Å². The van der Waals surface area contributed by atoms with Crippen molar-refractivity contribution in [3.05, 3.63) is 29.3 Å². The molecular weight excluding hydrogens is 260 g/mol. The Bertz CT molecular complexity index is 545. The molecule has 3 atom stereocenters. The summed E-state index contributed by atoms with van der Waals surface area (Å²) in [5, 5.41) is 19.3. The number of aliphatic hydroxyl groups excluding tert-OH is 1. The second kappa shape index (κ2) is 6.07. The summed E-state index contributed by atoms with van der Waals surface area (Å²) in [5.41, 5.74) is 2.73. The van der Waals surface area contributed by atoms with E-state index in [1.165, 1.54) is 38.5 Å². The SMILES string of the molecule is C[C@H](O)c1ccc(C#N)cc1N1CCCC2CCCCC21. The van der Waals surface area contributed by atoms with Gasteiger partial charge in [0.1, 0.15) is 0 Å². The number of hydrogen-bond donors (Lipinski definition) is 1. The molecule has 3 rings (SSSR count). The van der Waals surface area contributed by atoms with Crippen LogP contribution in [0.25, 0.3) is 0 Å². The number of benzene rings is 1. The fourth-order valence-corrected chi connectivity index (χ4v) is 4.14. The standard InChI is InChI=1S/C18H24N2O/c1-13(21)16-9-8-14(12-19)11-18(16)20-10-4-6-15-5-2-3-7-17(15)20/h8-9,11,13,15,17,21H,2-7,10H2,1H3/t13-,15?,17?/m0/s1. The van der Waals surface area contributed by atoms with Crippen LogP contribution >= 0.6 is 0 Å². The van der Waals surface area contributed by atoms with Crippen LogP contribution in [-0.2, 0) is 0 Å². The minimum absolute atomic E-state index is 0.489. The minimum atomic E-state index is -0.489. The number of hydrogen-bond acceptors (Lipinski definition) is 3. The lowest BCUT2D eigenvalue weighted by molar-refractivity contribution is 0.197. The van der Waals surface area contributed by atoms with Crippen LogP contribution in [0, 0.1) is 17.2 Å². The summed E-state index contributed by atoms with van der Waals surface area (Å²) in [6.07, 6.45) is 7.32. The van der Waals surface area contributed by atoms with Gasteiger partial charge in [0.2, 0.25) is 0 Å². The molecule has 112 valence electrons. The Morgan fingerprint density at radius 3 is 2.76 bits per heavy atom. The first-order chi connectivity index (χ1) is 10.2. The zero-order valence-electron chi connectivity index (χ0n) is 12.8. The van der Waals surface area contributed by atoms with Gasteiger partial charge < -0.3 is 10.0 Å². The molecule has 1 saturated carbocycles. The van der Waals surface area contributed by atoms with Crippen molar-refractivity contribution in [3.63, 3.8) is 0 Å². The van der Waals surface area contributed by atoms with Crippen LogP contribution in [0.15, 0.2) is 18.2 Å². The number of nitrogens with zero attached hydrogens (tertiary/aromatic N) is 2. The summed E-state index contributed by atoms with van der Waals surface area (Å²) >= 11 is 0. The molecule has 21 heavy (non-hydrogen) atoms. The third kappa shape index (κ3) is 2.78. The van der Waals surface area contributed by atoms with E-state index in [0.717, 1.165) is 23.7 Å². The fourth-order valence-electron chi connectivity index (χ4n) is 4.14. The summed E-state index contributed by atoms with van der Waals surface area (Å²) in [4.78, 5) is 2.48. The molecule has 2 unspecified atom stereocenters. The molecule has 0 bridgehead atoms. The van der Waals surface area contributed by atoms with Gasteiger partial charge in [-0.1, -0.05) is 18.9 Å². The average Bonchev–Trinajstić information content (AvgIpc) is 2.53. The van der Waals surface area contributed by atoms with Crippen molar-refractivity contribution in [2.75, 3.05) is 11.4 Å². The zero-order chi connectivity index (χ0) is 14.8. The maximum atomic E-state index is 10.1. The predicted molar refractivity (Wildman–Crippen MR) is 84.1 cm³/mol. The molecule has 3 heteroatoms. The number of rotatable bonds is 2.